The van der Waals surface area contributed by atoms with Crippen LogP contribution in [0.2, 0.25) is 0 Å². The molecule has 2 rings (SSSR count). The summed E-state index contributed by atoms with van der Waals surface area (Å²) in [5, 5.41) is 0. The summed E-state index contributed by atoms with van der Waals surface area (Å²) in [5.74, 6) is 0. The van der Waals surface area contributed by atoms with Gasteiger partial charge in [0.25, 0.3) is 0 Å². The zero-order chi connectivity index (χ0) is 10.5. The molecule has 1 aliphatic rings. The second-order valence-electron chi connectivity index (χ2n) is 3.77. The highest BCUT2D eigenvalue weighted by atomic mass is 32.2. The van der Waals surface area contributed by atoms with Gasteiger partial charge in [0, 0.05) is 23.5 Å². The first kappa shape index (κ1) is 10.7. The molecule has 0 spiro atoms. The Labute approximate surface area is 94.8 Å². The summed E-state index contributed by atoms with van der Waals surface area (Å²) in [6.45, 7) is 2.36. The molecule has 1 heterocycles. The maximum Gasteiger partial charge on any atom is 0.150 e. The van der Waals surface area contributed by atoms with Gasteiger partial charge in [-0.05, 0) is 36.9 Å². The molecule has 3 heteroatoms. The lowest BCUT2D eigenvalue weighted by molar-refractivity contribution is 0.112. The Bertz CT molecular complexity index is 317. The first-order chi connectivity index (χ1) is 7.38. The Morgan fingerprint density at radius 1 is 1.07 bits per heavy atom. The van der Waals surface area contributed by atoms with Crippen molar-refractivity contribution in [3.05, 3.63) is 29.8 Å². The standard InChI is InChI=1S/C12H15NOS/c14-10-11-4-6-12(7-5-11)15-13-8-2-1-3-9-13/h4-7,10H,1-3,8-9H2. The number of benzene rings is 1. The Balaban J connectivity index is 1.94. The number of carbonyl (C=O) groups is 1. The molecule has 2 nitrogen and oxygen atoms in total. The second kappa shape index (κ2) is 5.33. The lowest BCUT2D eigenvalue weighted by atomic mass is 10.2. The molecule has 0 saturated carbocycles. The topological polar surface area (TPSA) is 20.3 Å². The summed E-state index contributed by atoms with van der Waals surface area (Å²) in [6, 6.07) is 7.78. The zero-order valence-electron chi connectivity index (χ0n) is 8.69. The van der Waals surface area contributed by atoms with Gasteiger partial charge in [0.15, 0.2) is 0 Å². The molecular formula is C12H15NOS. The molecule has 0 aliphatic carbocycles. The van der Waals surface area contributed by atoms with Crippen LogP contribution in [-0.4, -0.2) is 23.7 Å². The van der Waals surface area contributed by atoms with Crippen LogP contribution in [0.15, 0.2) is 29.2 Å². The summed E-state index contributed by atoms with van der Waals surface area (Å²) < 4.78 is 2.40. The minimum absolute atomic E-state index is 0.748. The number of hydrogen-bond acceptors (Lipinski definition) is 3. The molecule has 1 saturated heterocycles. The second-order valence-corrected chi connectivity index (χ2v) is 4.94. The van der Waals surface area contributed by atoms with Crippen molar-refractivity contribution in [2.75, 3.05) is 13.1 Å². The van der Waals surface area contributed by atoms with Crippen molar-refractivity contribution in [3.63, 3.8) is 0 Å². The molecular weight excluding hydrogens is 206 g/mol. The minimum atomic E-state index is 0.748. The van der Waals surface area contributed by atoms with E-state index in [0.717, 1.165) is 11.8 Å². The first-order valence-electron chi connectivity index (χ1n) is 5.36. The van der Waals surface area contributed by atoms with Gasteiger partial charge in [-0.2, -0.15) is 0 Å². The monoisotopic (exact) mass is 221 g/mol. The van der Waals surface area contributed by atoms with Gasteiger partial charge in [0.05, 0.1) is 0 Å². The van der Waals surface area contributed by atoms with Crippen LogP contribution in [0.3, 0.4) is 0 Å². The lowest BCUT2D eigenvalue weighted by Gasteiger charge is -2.24. The van der Waals surface area contributed by atoms with E-state index in [1.165, 1.54) is 37.2 Å². The van der Waals surface area contributed by atoms with Crippen LogP contribution in [0.4, 0.5) is 0 Å². The van der Waals surface area contributed by atoms with Crippen LogP contribution < -0.4 is 0 Å². The predicted octanol–water partition coefficient (Wildman–Crippen LogP) is 2.99. The largest absolute Gasteiger partial charge is 0.298 e. The van der Waals surface area contributed by atoms with E-state index in [1.54, 1.807) is 11.9 Å². The van der Waals surface area contributed by atoms with E-state index in [-0.39, 0.29) is 0 Å². The van der Waals surface area contributed by atoms with Crippen LogP contribution in [0, 0.1) is 0 Å². The molecule has 1 aromatic rings. The Kier molecular flexibility index (Phi) is 3.80. The molecule has 15 heavy (non-hydrogen) atoms. The van der Waals surface area contributed by atoms with E-state index >= 15 is 0 Å². The van der Waals surface area contributed by atoms with Gasteiger partial charge in [-0.15, -0.1) is 0 Å². The SMILES string of the molecule is O=Cc1ccc(SN2CCCCC2)cc1. The summed E-state index contributed by atoms with van der Waals surface area (Å²) in [5.41, 5.74) is 0.748. The molecule has 0 atom stereocenters. The fraction of sp³-hybridized carbons (Fsp3) is 0.417. The van der Waals surface area contributed by atoms with E-state index in [4.69, 9.17) is 0 Å². The quantitative estimate of drug-likeness (QED) is 0.578. The van der Waals surface area contributed by atoms with Gasteiger partial charge in [-0.25, -0.2) is 4.31 Å². The van der Waals surface area contributed by atoms with Crippen molar-refractivity contribution in [2.24, 2.45) is 0 Å². The molecule has 0 unspecified atom stereocenters. The van der Waals surface area contributed by atoms with Gasteiger partial charge in [-0.3, -0.25) is 4.79 Å². The average Bonchev–Trinajstić information content (AvgIpc) is 2.31. The fourth-order valence-electron chi connectivity index (χ4n) is 1.71. The number of rotatable bonds is 3. The smallest absolute Gasteiger partial charge is 0.150 e. The third-order valence-electron chi connectivity index (χ3n) is 2.57. The number of piperidine rings is 1. The molecule has 0 amide bonds. The first-order valence-corrected chi connectivity index (χ1v) is 6.14. The number of nitrogens with zero attached hydrogens (tertiary/aromatic N) is 1. The molecule has 1 aliphatic heterocycles. The molecule has 0 bridgehead atoms. The van der Waals surface area contributed by atoms with Gasteiger partial charge in [-0.1, -0.05) is 18.6 Å². The van der Waals surface area contributed by atoms with Crippen LogP contribution >= 0.6 is 11.9 Å². The summed E-state index contributed by atoms with van der Waals surface area (Å²) in [6.07, 6.45) is 4.86. The Morgan fingerprint density at radius 3 is 2.33 bits per heavy atom. The molecule has 0 aromatic heterocycles. The third kappa shape index (κ3) is 3.08. The van der Waals surface area contributed by atoms with Crippen molar-refractivity contribution in [1.29, 1.82) is 0 Å². The van der Waals surface area contributed by atoms with Crippen LogP contribution in [0.25, 0.3) is 0 Å². The highest BCUT2D eigenvalue weighted by molar-refractivity contribution is 7.97. The normalized spacial score (nSPS) is 17.6. The van der Waals surface area contributed by atoms with Gasteiger partial charge < -0.3 is 0 Å². The zero-order valence-corrected chi connectivity index (χ0v) is 9.50. The predicted molar refractivity (Wildman–Crippen MR) is 63.1 cm³/mol. The minimum Gasteiger partial charge on any atom is -0.298 e. The highest BCUT2D eigenvalue weighted by Crippen LogP contribution is 2.25. The molecule has 0 radical (unpaired) electrons. The molecule has 1 fully saturated rings. The maximum atomic E-state index is 10.5. The van der Waals surface area contributed by atoms with Crippen molar-refractivity contribution in [2.45, 2.75) is 24.2 Å². The van der Waals surface area contributed by atoms with Crippen LogP contribution in [-0.2, 0) is 0 Å². The summed E-state index contributed by atoms with van der Waals surface area (Å²) in [7, 11) is 0. The van der Waals surface area contributed by atoms with Crippen molar-refractivity contribution in [1.82, 2.24) is 4.31 Å². The lowest BCUT2D eigenvalue weighted by Crippen LogP contribution is -2.22. The van der Waals surface area contributed by atoms with E-state index in [0.29, 0.717) is 0 Å². The number of aldehydes is 1. The van der Waals surface area contributed by atoms with E-state index in [2.05, 4.69) is 4.31 Å². The number of hydrogen-bond donors (Lipinski definition) is 0. The van der Waals surface area contributed by atoms with Crippen molar-refractivity contribution < 1.29 is 4.79 Å². The van der Waals surface area contributed by atoms with Crippen molar-refractivity contribution in [3.8, 4) is 0 Å². The van der Waals surface area contributed by atoms with E-state index in [9.17, 15) is 4.79 Å². The maximum absolute atomic E-state index is 10.5. The van der Waals surface area contributed by atoms with Crippen LogP contribution in [0.5, 0.6) is 0 Å². The molecule has 1 aromatic carbocycles. The van der Waals surface area contributed by atoms with Gasteiger partial charge in [0.1, 0.15) is 6.29 Å². The van der Waals surface area contributed by atoms with E-state index < -0.39 is 0 Å². The fourth-order valence-corrected chi connectivity index (χ4v) is 2.71. The van der Waals surface area contributed by atoms with Crippen molar-refractivity contribution >= 4 is 18.2 Å². The summed E-state index contributed by atoms with van der Waals surface area (Å²) in [4.78, 5) is 11.7. The average molecular weight is 221 g/mol. The molecule has 0 N–H and O–H groups in total. The Hall–Kier alpha value is -0.800. The summed E-state index contributed by atoms with van der Waals surface area (Å²) >= 11 is 1.80. The number of carbonyl (C=O) groups excluding carboxylic acids is 1. The van der Waals surface area contributed by atoms with Gasteiger partial charge in [0.2, 0.25) is 0 Å². The third-order valence-corrected chi connectivity index (χ3v) is 3.67. The molecule has 80 valence electrons. The van der Waals surface area contributed by atoms with Gasteiger partial charge >= 0.3 is 0 Å². The highest BCUT2D eigenvalue weighted by Gasteiger charge is 2.10. The van der Waals surface area contributed by atoms with E-state index in [1.807, 2.05) is 24.3 Å². The Morgan fingerprint density at radius 2 is 1.73 bits per heavy atom. The van der Waals surface area contributed by atoms with Crippen LogP contribution in [0.1, 0.15) is 29.6 Å².